The van der Waals surface area contributed by atoms with Crippen LogP contribution in [0.4, 0.5) is 28.8 Å². The number of ether oxygens (including phenoxy) is 2. The molecule has 70 heavy (non-hydrogen) atoms. The summed E-state index contributed by atoms with van der Waals surface area (Å²) >= 11 is 1.40. The number of nitriles is 1. The molecule has 2 unspecified atom stereocenters. The third kappa shape index (κ3) is 13.7. The van der Waals surface area contributed by atoms with Gasteiger partial charge in [0.15, 0.2) is 5.82 Å². The number of carbonyl (C=O) groups excluding carboxylic acids is 6. The fourth-order valence-corrected chi connectivity index (χ4v) is 8.24. The molecule has 4 heterocycles. The average molecular weight is 977 g/mol. The molecule has 0 aliphatic carbocycles. The highest BCUT2D eigenvalue weighted by Crippen LogP contribution is 2.34. The number of imide groups is 1. The molecule has 5 aromatic rings. The van der Waals surface area contributed by atoms with E-state index in [9.17, 15) is 34.0 Å². The molecule has 3 aromatic heterocycles. The fraction of sp³-hybridized carbons (Fsp3) is 0.383. The van der Waals surface area contributed by atoms with Crippen molar-refractivity contribution >= 4 is 76.5 Å². The van der Waals surface area contributed by atoms with Crippen molar-refractivity contribution in [2.24, 2.45) is 0 Å². The zero-order chi connectivity index (χ0) is 50.2. The lowest BCUT2D eigenvalue weighted by atomic mass is 10.0. The highest BCUT2D eigenvalue weighted by molar-refractivity contribution is 7.12. The maximum Gasteiger partial charge on any atom is 0.251 e. The molecule has 0 saturated carbocycles. The number of hydrogen-bond donors (Lipinski definition) is 5. The number of hydrogen-bond acceptors (Lipinski definition) is 18. The van der Waals surface area contributed by atoms with E-state index in [-0.39, 0.29) is 56.5 Å². The maximum absolute atomic E-state index is 13.3. The van der Waals surface area contributed by atoms with Gasteiger partial charge in [-0.3, -0.25) is 43.7 Å². The largest absolute Gasteiger partial charge is 0.495 e. The van der Waals surface area contributed by atoms with Crippen LogP contribution in [0, 0.1) is 11.3 Å². The summed E-state index contributed by atoms with van der Waals surface area (Å²) in [6.45, 7) is 6.36. The molecule has 0 bridgehead atoms. The Balaban J connectivity index is 0.945. The van der Waals surface area contributed by atoms with Crippen LogP contribution in [0.3, 0.4) is 0 Å². The first-order valence-corrected chi connectivity index (χ1v) is 23.3. The molecule has 368 valence electrons. The molecular formula is C47H56N14O8S. The second kappa shape index (κ2) is 25.1. The monoisotopic (exact) mass is 976 g/mol. The highest BCUT2D eigenvalue weighted by atomic mass is 32.1. The van der Waals surface area contributed by atoms with Crippen molar-refractivity contribution in [3.63, 3.8) is 0 Å². The van der Waals surface area contributed by atoms with Crippen molar-refractivity contribution in [2.75, 3.05) is 67.9 Å². The number of rotatable bonds is 26. The van der Waals surface area contributed by atoms with Crippen LogP contribution in [-0.4, -0.2) is 126 Å². The van der Waals surface area contributed by atoms with Crippen LogP contribution in [0.25, 0.3) is 0 Å². The van der Waals surface area contributed by atoms with E-state index in [4.69, 9.17) is 14.5 Å². The van der Waals surface area contributed by atoms with Crippen molar-refractivity contribution in [3.05, 3.63) is 93.1 Å². The number of thiophene rings is 1. The molecule has 1 saturated heterocycles. The normalized spacial score (nSPS) is 13.8. The summed E-state index contributed by atoms with van der Waals surface area (Å²) in [6.07, 6.45) is 6.04. The van der Waals surface area contributed by atoms with Gasteiger partial charge in [-0.2, -0.15) is 10.2 Å². The van der Waals surface area contributed by atoms with Crippen molar-refractivity contribution in [2.45, 2.75) is 71.4 Å². The second-order valence-electron chi connectivity index (χ2n) is 16.3. The van der Waals surface area contributed by atoms with Crippen molar-refractivity contribution in [1.82, 2.24) is 45.8 Å². The molecule has 22 nitrogen and oxygen atoms in total. The van der Waals surface area contributed by atoms with E-state index in [1.54, 1.807) is 78.5 Å². The minimum Gasteiger partial charge on any atom is -0.495 e. The van der Waals surface area contributed by atoms with Gasteiger partial charge in [-0.25, -0.2) is 4.98 Å². The Labute approximate surface area is 408 Å². The topological polar surface area (TPSA) is 271 Å². The molecule has 0 spiro atoms. The number of carbonyl (C=O) groups is 6. The standard InChI is InChI=1S/C47H56N14O8S/c1-6-30(2)61(25-35-12-11-34(21-48)70-35)44-40(59(4)29-63)23-51-47(55-44)53-38-13-10-31(20-41(38)68-5)45(66)50-22-33-24-60(57-56-33)18-16-49-17-19-69-28-43(65)52-37-9-7-8-32(27-62)36(37)26-58(3)39-14-15-42(64)54-46(39)67/h7-13,20,23-24,27,29-30,39,49H,6,14-19,22,25-26,28H2,1-5H3,(H,50,66)(H,52,65)(H,51,53,55)(H,54,64,67). The molecule has 1 aliphatic rings. The molecule has 1 aliphatic heterocycles. The van der Waals surface area contributed by atoms with Gasteiger partial charge in [-0.05, 0) is 63.2 Å². The van der Waals surface area contributed by atoms with Gasteiger partial charge in [0, 0.05) is 66.4 Å². The Morgan fingerprint density at radius 3 is 2.66 bits per heavy atom. The van der Waals surface area contributed by atoms with Gasteiger partial charge in [-0.1, -0.05) is 24.3 Å². The Bertz CT molecular complexity index is 2700. The van der Waals surface area contributed by atoms with Crippen LogP contribution in [-0.2, 0) is 50.1 Å². The lowest BCUT2D eigenvalue weighted by molar-refractivity contribution is -0.137. The molecule has 5 N–H and O–H groups in total. The molecule has 6 rings (SSSR count). The van der Waals surface area contributed by atoms with Crippen molar-refractivity contribution in [3.8, 4) is 11.8 Å². The number of methoxy groups -OCH3 is 1. The van der Waals surface area contributed by atoms with Gasteiger partial charge in [-0.15, -0.1) is 16.4 Å². The summed E-state index contributed by atoms with van der Waals surface area (Å²) in [6, 6.07) is 15.2. The minimum absolute atomic E-state index is 0.0189. The average Bonchev–Trinajstić information content (AvgIpc) is 4.04. The van der Waals surface area contributed by atoms with E-state index >= 15 is 0 Å². The molecule has 5 amide bonds. The van der Waals surface area contributed by atoms with Crippen LogP contribution in [0.15, 0.2) is 60.9 Å². The molecule has 2 atom stereocenters. The van der Waals surface area contributed by atoms with Crippen molar-refractivity contribution < 1.29 is 38.2 Å². The summed E-state index contributed by atoms with van der Waals surface area (Å²) < 4.78 is 12.9. The number of aldehydes is 1. The van der Waals surface area contributed by atoms with E-state index in [2.05, 4.69) is 66.7 Å². The van der Waals surface area contributed by atoms with Crippen LogP contribution in [0.5, 0.6) is 5.75 Å². The summed E-state index contributed by atoms with van der Waals surface area (Å²) in [4.78, 5) is 89.9. The maximum atomic E-state index is 13.3. The number of piperidine rings is 1. The number of amides is 5. The molecule has 0 radical (unpaired) electrons. The Morgan fingerprint density at radius 2 is 1.93 bits per heavy atom. The number of aromatic nitrogens is 5. The molecule has 2 aromatic carbocycles. The number of likely N-dealkylation sites (N-methyl/N-ethyl adjacent to an activating group) is 1. The third-order valence-corrected chi connectivity index (χ3v) is 12.4. The van der Waals surface area contributed by atoms with Gasteiger partial charge < -0.3 is 40.5 Å². The van der Waals surface area contributed by atoms with Crippen LogP contribution < -0.4 is 41.1 Å². The summed E-state index contributed by atoms with van der Waals surface area (Å²) in [5.74, 6) is -0.365. The molecule has 1 fully saturated rings. The number of nitrogens with one attached hydrogen (secondary N) is 5. The quantitative estimate of drug-likeness (QED) is 0.0302. The first-order valence-electron chi connectivity index (χ1n) is 22.5. The Morgan fingerprint density at radius 1 is 1.10 bits per heavy atom. The Hall–Kier alpha value is -7.65. The predicted molar refractivity (Wildman–Crippen MR) is 261 cm³/mol. The van der Waals surface area contributed by atoms with E-state index < -0.39 is 17.9 Å². The molecular weight excluding hydrogens is 921 g/mol. The predicted octanol–water partition coefficient (Wildman–Crippen LogP) is 3.38. The molecule has 23 heteroatoms. The van der Waals surface area contributed by atoms with Gasteiger partial charge in [0.25, 0.3) is 5.91 Å². The van der Waals surface area contributed by atoms with Gasteiger partial charge in [0.1, 0.15) is 41.0 Å². The summed E-state index contributed by atoms with van der Waals surface area (Å²) in [5, 5.41) is 32.1. The smallest absolute Gasteiger partial charge is 0.251 e. The van der Waals surface area contributed by atoms with Gasteiger partial charge in [0.2, 0.25) is 30.1 Å². The van der Waals surface area contributed by atoms with Crippen molar-refractivity contribution in [1.29, 1.82) is 5.26 Å². The lowest BCUT2D eigenvalue weighted by Gasteiger charge is -2.32. The van der Waals surface area contributed by atoms with Gasteiger partial charge in [0.05, 0.1) is 57.5 Å². The SMILES string of the molecule is CCC(C)N(Cc1ccc(C#N)s1)c1nc(Nc2ccc(C(=O)NCc3cn(CCNCCOCC(=O)Nc4cccc(C=O)c4CN(C)C4CCC(=O)NC4=O)nn3)cc2OC)ncc1N(C)C=O. The Kier molecular flexibility index (Phi) is 18.6. The van der Waals surface area contributed by atoms with E-state index in [0.717, 1.165) is 11.3 Å². The highest BCUT2D eigenvalue weighted by Gasteiger charge is 2.31. The van der Waals surface area contributed by atoms with E-state index in [1.807, 2.05) is 6.07 Å². The fourth-order valence-electron chi connectivity index (χ4n) is 7.44. The van der Waals surface area contributed by atoms with Crippen LogP contribution >= 0.6 is 11.3 Å². The summed E-state index contributed by atoms with van der Waals surface area (Å²) in [7, 11) is 4.84. The zero-order valence-corrected chi connectivity index (χ0v) is 40.4. The van der Waals surface area contributed by atoms with Crippen LogP contribution in [0.2, 0.25) is 0 Å². The van der Waals surface area contributed by atoms with Crippen LogP contribution in [0.1, 0.15) is 74.8 Å². The number of nitrogens with zero attached hydrogens (tertiary/aromatic N) is 9. The summed E-state index contributed by atoms with van der Waals surface area (Å²) in [5.41, 5.74) is 3.23. The minimum atomic E-state index is -0.552. The second-order valence-corrected chi connectivity index (χ2v) is 17.5. The first kappa shape index (κ1) is 51.7. The lowest BCUT2D eigenvalue weighted by Crippen LogP contribution is -2.51. The van der Waals surface area contributed by atoms with Gasteiger partial charge >= 0.3 is 0 Å². The number of benzene rings is 2. The first-order chi connectivity index (χ1) is 33.8. The van der Waals surface area contributed by atoms with E-state index in [1.165, 1.54) is 23.3 Å². The third-order valence-electron chi connectivity index (χ3n) is 11.4. The van der Waals surface area contributed by atoms with E-state index in [0.29, 0.717) is 101 Å². The number of anilines is 5. The zero-order valence-electron chi connectivity index (χ0n) is 39.6.